The molecule has 3 heteroatoms. The Bertz CT molecular complexity index is 803. The maximum Gasteiger partial charge on any atom is 0.313 e. The lowest BCUT2D eigenvalue weighted by Crippen LogP contribution is -2.35. The van der Waals surface area contributed by atoms with Crippen molar-refractivity contribution < 1.29 is 14.6 Å². The van der Waals surface area contributed by atoms with Crippen molar-refractivity contribution in [3.8, 4) is 5.75 Å². The van der Waals surface area contributed by atoms with Gasteiger partial charge < -0.3 is 9.84 Å². The van der Waals surface area contributed by atoms with Crippen molar-refractivity contribution in [1.29, 1.82) is 0 Å². The second-order valence-corrected chi connectivity index (χ2v) is 12.0. The average molecular weight is 399 g/mol. The lowest BCUT2D eigenvalue weighted by molar-refractivity contribution is -0.159. The summed E-state index contributed by atoms with van der Waals surface area (Å²) in [6.07, 6.45) is 6.89. The van der Waals surface area contributed by atoms with Gasteiger partial charge in [0.2, 0.25) is 0 Å². The molecule has 1 aromatic rings. The van der Waals surface area contributed by atoms with Crippen LogP contribution in [-0.4, -0.2) is 16.7 Å². The summed E-state index contributed by atoms with van der Waals surface area (Å²) in [6.45, 7) is 15.0. The van der Waals surface area contributed by atoms with Gasteiger partial charge in [-0.05, 0) is 72.5 Å². The van der Waals surface area contributed by atoms with Crippen molar-refractivity contribution in [2.75, 3.05) is 0 Å². The monoisotopic (exact) mass is 398 g/mol. The summed E-state index contributed by atoms with van der Waals surface area (Å²) in [6, 6.07) is 4.38. The van der Waals surface area contributed by atoms with Gasteiger partial charge in [-0.25, -0.2) is 0 Å². The fraction of sp³-hybridized carbons (Fsp3) is 0.731. The fourth-order valence-electron chi connectivity index (χ4n) is 5.19. The Morgan fingerprint density at radius 2 is 1.41 bits per heavy atom. The number of aromatic hydroxyl groups is 1. The van der Waals surface area contributed by atoms with Crippen LogP contribution in [-0.2, 0) is 25.8 Å². The molecule has 0 aliphatic heterocycles. The molecule has 0 amide bonds. The zero-order chi connectivity index (χ0) is 21.5. The second-order valence-electron chi connectivity index (χ2n) is 12.0. The summed E-state index contributed by atoms with van der Waals surface area (Å²) in [5, 5.41) is 11.1. The number of hydrogen-bond acceptors (Lipinski definition) is 3. The molecule has 1 aromatic carbocycles. The molecule has 3 fully saturated rings. The third-order valence-electron chi connectivity index (χ3n) is 7.85. The Labute approximate surface area is 176 Å². The molecular weight excluding hydrogens is 360 g/mol. The second kappa shape index (κ2) is 6.02. The minimum absolute atomic E-state index is 0.0389. The van der Waals surface area contributed by atoms with Crippen molar-refractivity contribution in [2.45, 2.75) is 115 Å². The van der Waals surface area contributed by atoms with Gasteiger partial charge >= 0.3 is 5.97 Å². The van der Waals surface area contributed by atoms with Crippen LogP contribution in [0.5, 0.6) is 5.75 Å². The van der Waals surface area contributed by atoms with E-state index in [9.17, 15) is 9.90 Å². The van der Waals surface area contributed by atoms with E-state index in [1.54, 1.807) is 0 Å². The van der Waals surface area contributed by atoms with Gasteiger partial charge in [-0.3, -0.25) is 4.79 Å². The number of phenols is 1. The lowest BCUT2D eigenvalue weighted by atomic mass is 9.73. The Balaban J connectivity index is 1.77. The summed E-state index contributed by atoms with van der Waals surface area (Å²) >= 11 is 0. The highest BCUT2D eigenvalue weighted by Crippen LogP contribution is 2.72. The van der Waals surface area contributed by atoms with E-state index in [1.165, 1.54) is 5.56 Å². The number of benzene rings is 1. The quantitative estimate of drug-likeness (QED) is 0.593. The van der Waals surface area contributed by atoms with Crippen LogP contribution in [0, 0.1) is 5.41 Å². The molecule has 160 valence electrons. The number of esters is 1. The molecule has 29 heavy (non-hydrogen) atoms. The van der Waals surface area contributed by atoms with Crippen LogP contribution in [0.25, 0.3) is 0 Å². The number of ether oxygens (including phenoxy) is 1. The van der Waals surface area contributed by atoms with E-state index in [4.69, 9.17) is 4.74 Å². The lowest BCUT2D eigenvalue weighted by Gasteiger charge is -2.33. The first-order valence-electron chi connectivity index (χ1n) is 11.4. The van der Waals surface area contributed by atoms with E-state index >= 15 is 0 Å². The van der Waals surface area contributed by atoms with Crippen LogP contribution in [0.15, 0.2) is 12.1 Å². The first kappa shape index (κ1) is 20.8. The first-order chi connectivity index (χ1) is 13.3. The van der Waals surface area contributed by atoms with Crippen LogP contribution in [0.2, 0.25) is 0 Å². The minimum atomic E-state index is -0.348. The van der Waals surface area contributed by atoms with Crippen molar-refractivity contribution in [3.63, 3.8) is 0 Å². The molecule has 0 spiro atoms. The molecule has 0 heterocycles. The molecule has 4 rings (SSSR count). The number of rotatable bonds is 5. The van der Waals surface area contributed by atoms with Crippen LogP contribution >= 0.6 is 0 Å². The van der Waals surface area contributed by atoms with E-state index < -0.39 is 0 Å². The summed E-state index contributed by atoms with van der Waals surface area (Å²) in [5.41, 5.74) is 2.26. The molecule has 3 aliphatic rings. The zero-order valence-electron chi connectivity index (χ0n) is 19.4. The predicted molar refractivity (Wildman–Crippen MR) is 116 cm³/mol. The average Bonchev–Trinajstić information content (AvgIpc) is 3.46. The molecule has 0 saturated heterocycles. The molecule has 0 bridgehead atoms. The van der Waals surface area contributed by atoms with E-state index in [1.807, 2.05) is 0 Å². The molecule has 0 atom stereocenters. The number of hydrogen-bond donors (Lipinski definition) is 1. The number of carbonyl (C=O) groups is 1. The summed E-state index contributed by atoms with van der Waals surface area (Å²) in [4.78, 5) is 13.4. The summed E-state index contributed by atoms with van der Waals surface area (Å²) in [5.74, 6) is 0.455. The molecule has 1 N–H and O–H groups in total. The Hall–Kier alpha value is -1.51. The molecule has 3 aliphatic carbocycles. The minimum Gasteiger partial charge on any atom is -0.507 e. The van der Waals surface area contributed by atoms with Crippen LogP contribution < -0.4 is 0 Å². The van der Waals surface area contributed by atoms with Gasteiger partial charge in [-0.1, -0.05) is 60.6 Å². The Kier molecular flexibility index (Phi) is 4.30. The Morgan fingerprint density at radius 1 is 0.931 bits per heavy atom. The van der Waals surface area contributed by atoms with Crippen molar-refractivity contribution >= 4 is 5.97 Å². The third kappa shape index (κ3) is 3.20. The van der Waals surface area contributed by atoms with Crippen molar-refractivity contribution in [3.05, 3.63) is 28.8 Å². The van der Waals surface area contributed by atoms with Gasteiger partial charge in [0.15, 0.2) is 0 Å². The van der Waals surface area contributed by atoms with E-state index in [-0.39, 0.29) is 33.2 Å². The highest BCUT2D eigenvalue weighted by molar-refractivity contribution is 5.84. The van der Waals surface area contributed by atoms with Gasteiger partial charge in [0.1, 0.15) is 11.4 Å². The summed E-state index contributed by atoms with van der Waals surface area (Å²) in [7, 11) is 0. The molecule has 0 unspecified atom stereocenters. The number of phenolic OH excluding ortho intramolecular Hbond substituents is 1. The van der Waals surface area contributed by atoms with Crippen LogP contribution in [0.4, 0.5) is 0 Å². The van der Waals surface area contributed by atoms with Crippen molar-refractivity contribution in [1.82, 2.24) is 0 Å². The molecule has 3 nitrogen and oxygen atoms in total. The summed E-state index contributed by atoms with van der Waals surface area (Å²) < 4.78 is 6.10. The highest BCUT2D eigenvalue weighted by Gasteiger charge is 2.72. The largest absolute Gasteiger partial charge is 0.507 e. The van der Waals surface area contributed by atoms with Gasteiger partial charge in [0.25, 0.3) is 0 Å². The molecule has 3 saturated carbocycles. The predicted octanol–water partition coefficient (Wildman–Crippen LogP) is 6.28. The van der Waals surface area contributed by atoms with E-state index in [2.05, 4.69) is 60.6 Å². The van der Waals surface area contributed by atoms with Crippen molar-refractivity contribution in [2.24, 2.45) is 5.41 Å². The standard InChI is InChI=1S/C26H38O3/c1-8-24(9-10-24)29-21(28)26(13-14-26)25(11-12-25)17-15-18(22(2,3)4)20(27)19(16-17)23(5,6)7/h15-16,27H,8-14H2,1-7H3. The third-order valence-corrected chi connectivity index (χ3v) is 7.85. The van der Waals surface area contributed by atoms with Crippen LogP contribution in [0.3, 0.4) is 0 Å². The molecule has 0 radical (unpaired) electrons. The highest BCUT2D eigenvalue weighted by atomic mass is 16.6. The smallest absolute Gasteiger partial charge is 0.313 e. The first-order valence-corrected chi connectivity index (χ1v) is 11.4. The zero-order valence-corrected chi connectivity index (χ0v) is 19.4. The molecular formula is C26H38O3. The topological polar surface area (TPSA) is 46.5 Å². The maximum atomic E-state index is 13.4. The number of carbonyl (C=O) groups excluding carboxylic acids is 1. The Morgan fingerprint density at radius 3 is 1.72 bits per heavy atom. The van der Waals surface area contributed by atoms with Gasteiger partial charge in [0.05, 0.1) is 5.41 Å². The van der Waals surface area contributed by atoms with Gasteiger partial charge in [-0.15, -0.1) is 0 Å². The van der Waals surface area contributed by atoms with E-state index in [0.29, 0.717) is 5.75 Å². The van der Waals surface area contributed by atoms with Gasteiger partial charge in [-0.2, -0.15) is 0 Å². The van der Waals surface area contributed by atoms with Gasteiger partial charge in [0, 0.05) is 5.41 Å². The molecule has 0 aromatic heterocycles. The fourth-order valence-corrected chi connectivity index (χ4v) is 5.19. The SMILES string of the molecule is CCC1(OC(=O)C2(C3(c4cc(C(C)(C)C)c(O)c(C(C)(C)C)c4)CC3)CC2)CC1. The normalized spacial score (nSPS) is 23.4. The van der Waals surface area contributed by atoms with E-state index in [0.717, 1.165) is 56.1 Å². The maximum absolute atomic E-state index is 13.4. The van der Waals surface area contributed by atoms with Crippen LogP contribution in [0.1, 0.15) is 110 Å².